The minimum atomic E-state index is -0.582. The highest BCUT2D eigenvalue weighted by atomic mass is 16.7. The number of hydrogen-bond acceptors (Lipinski definition) is 5. The van der Waals surface area contributed by atoms with E-state index < -0.39 is 11.9 Å². The molecule has 1 amide bonds. The van der Waals surface area contributed by atoms with Gasteiger partial charge < -0.3 is 21.0 Å². The molecule has 2 rings (SSSR count). The first-order valence-corrected chi connectivity index (χ1v) is 7.50. The predicted molar refractivity (Wildman–Crippen MR) is 93.2 cm³/mol. The highest BCUT2D eigenvalue weighted by Gasteiger charge is 2.11. The number of hydrogen-bond donors (Lipinski definition) is 2. The van der Waals surface area contributed by atoms with Crippen molar-refractivity contribution in [2.45, 2.75) is 13.8 Å². The SMILES string of the molecule is Cc1ccc(C(=O)O/N=C(\N)c2ccc(OCC(N)=O)cc2)c(C)c1. The number of carbonyl (C=O) groups is 2. The summed E-state index contributed by atoms with van der Waals surface area (Å²) in [5.41, 5.74) is 13.6. The van der Waals surface area contributed by atoms with Gasteiger partial charge >= 0.3 is 5.97 Å². The van der Waals surface area contributed by atoms with Crippen molar-refractivity contribution in [1.82, 2.24) is 0 Å². The van der Waals surface area contributed by atoms with Crippen LogP contribution >= 0.6 is 0 Å². The minimum Gasteiger partial charge on any atom is -0.484 e. The van der Waals surface area contributed by atoms with Crippen molar-refractivity contribution in [3.05, 3.63) is 64.7 Å². The fourth-order valence-electron chi connectivity index (χ4n) is 2.11. The number of primary amides is 1. The number of amidine groups is 1. The monoisotopic (exact) mass is 341 g/mol. The van der Waals surface area contributed by atoms with Crippen LogP contribution in [0.25, 0.3) is 0 Å². The fourth-order valence-corrected chi connectivity index (χ4v) is 2.11. The van der Waals surface area contributed by atoms with E-state index in [9.17, 15) is 9.59 Å². The maximum Gasteiger partial charge on any atom is 0.366 e. The van der Waals surface area contributed by atoms with Crippen LogP contribution in [0.15, 0.2) is 47.6 Å². The first-order chi connectivity index (χ1) is 11.9. The first-order valence-electron chi connectivity index (χ1n) is 7.50. The smallest absolute Gasteiger partial charge is 0.366 e. The molecule has 0 aliphatic carbocycles. The number of nitrogens with zero attached hydrogens (tertiary/aromatic N) is 1. The average Bonchev–Trinajstić information content (AvgIpc) is 2.58. The Balaban J connectivity index is 2.03. The Morgan fingerprint density at radius 2 is 1.72 bits per heavy atom. The Labute approximate surface area is 145 Å². The summed E-state index contributed by atoms with van der Waals surface area (Å²) >= 11 is 0. The van der Waals surface area contributed by atoms with Crippen molar-refractivity contribution in [3.63, 3.8) is 0 Å². The number of benzene rings is 2. The third-order valence-corrected chi connectivity index (χ3v) is 3.36. The molecule has 4 N–H and O–H groups in total. The van der Waals surface area contributed by atoms with E-state index in [0.717, 1.165) is 11.1 Å². The molecule has 25 heavy (non-hydrogen) atoms. The lowest BCUT2D eigenvalue weighted by Gasteiger charge is -2.06. The molecule has 0 aromatic heterocycles. The molecule has 0 unspecified atom stereocenters. The van der Waals surface area contributed by atoms with E-state index in [4.69, 9.17) is 21.0 Å². The van der Waals surface area contributed by atoms with E-state index in [1.807, 2.05) is 26.0 Å². The fraction of sp³-hybridized carbons (Fsp3) is 0.167. The second kappa shape index (κ2) is 7.96. The molecule has 0 fully saturated rings. The zero-order valence-corrected chi connectivity index (χ0v) is 14.0. The molecule has 2 aromatic rings. The van der Waals surface area contributed by atoms with Gasteiger partial charge in [0.05, 0.1) is 5.56 Å². The van der Waals surface area contributed by atoms with Gasteiger partial charge in [-0.3, -0.25) is 4.79 Å². The van der Waals surface area contributed by atoms with E-state index in [-0.39, 0.29) is 12.4 Å². The van der Waals surface area contributed by atoms with Gasteiger partial charge in [-0.25, -0.2) is 4.79 Å². The lowest BCUT2D eigenvalue weighted by atomic mass is 10.1. The van der Waals surface area contributed by atoms with Gasteiger partial charge in [-0.15, -0.1) is 0 Å². The molecule has 0 spiro atoms. The maximum atomic E-state index is 12.1. The van der Waals surface area contributed by atoms with Crippen LogP contribution in [-0.4, -0.2) is 24.3 Å². The van der Waals surface area contributed by atoms with Crippen LogP contribution in [0.2, 0.25) is 0 Å². The van der Waals surface area contributed by atoms with E-state index in [2.05, 4.69) is 5.16 Å². The lowest BCUT2D eigenvalue weighted by molar-refractivity contribution is -0.119. The van der Waals surface area contributed by atoms with E-state index >= 15 is 0 Å². The molecular weight excluding hydrogens is 322 g/mol. The van der Waals surface area contributed by atoms with Gasteiger partial charge in [-0.1, -0.05) is 22.9 Å². The van der Waals surface area contributed by atoms with Gasteiger partial charge in [-0.05, 0) is 49.7 Å². The summed E-state index contributed by atoms with van der Waals surface area (Å²) in [5.74, 6) is -0.646. The van der Waals surface area contributed by atoms with Crippen molar-refractivity contribution in [2.75, 3.05) is 6.61 Å². The van der Waals surface area contributed by atoms with Crippen molar-refractivity contribution in [1.29, 1.82) is 0 Å². The Morgan fingerprint density at radius 1 is 1.04 bits per heavy atom. The lowest BCUT2D eigenvalue weighted by Crippen LogP contribution is -2.20. The van der Waals surface area contributed by atoms with Gasteiger partial charge in [0.15, 0.2) is 12.4 Å². The Bertz CT molecular complexity index is 814. The van der Waals surface area contributed by atoms with Crippen LogP contribution in [0, 0.1) is 13.8 Å². The number of amides is 1. The molecule has 0 atom stereocenters. The number of aryl methyl sites for hydroxylation is 2. The summed E-state index contributed by atoms with van der Waals surface area (Å²) in [4.78, 5) is 27.6. The summed E-state index contributed by atoms with van der Waals surface area (Å²) < 4.78 is 5.14. The number of oxime groups is 1. The Kier molecular flexibility index (Phi) is 5.73. The molecule has 0 saturated carbocycles. The van der Waals surface area contributed by atoms with Gasteiger partial charge in [0.2, 0.25) is 0 Å². The van der Waals surface area contributed by atoms with Crippen molar-refractivity contribution >= 4 is 17.7 Å². The van der Waals surface area contributed by atoms with Crippen LogP contribution in [0.4, 0.5) is 0 Å². The van der Waals surface area contributed by atoms with Gasteiger partial charge in [0.25, 0.3) is 5.91 Å². The van der Waals surface area contributed by atoms with Crippen molar-refractivity contribution < 1.29 is 19.2 Å². The van der Waals surface area contributed by atoms with Gasteiger partial charge in [0, 0.05) is 5.56 Å². The zero-order valence-electron chi connectivity index (χ0n) is 14.0. The van der Waals surface area contributed by atoms with E-state index in [1.165, 1.54) is 0 Å². The van der Waals surface area contributed by atoms with E-state index in [1.54, 1.807) is 30.3 Å². The molecule has 0 bridgehead atoms. The summed E-state index contributed by atoms with van der Waals surface area (Å²) in [6, 6.07) is 11.8. The summed E-state index contributed by atoms with van der Waals surface area (Å²) in [6.07, 6.45) is 0. The largest absolute Gasteiger partial charge is 0.484 e. The van der Waals surface area contributed by atoms with Crippen LogP contribution in [0.5, 0.6) is 5.75 Å². The Hall–Kier alpha value is -3.35. The number of nitrogens with two attached hydrogens (primary N) is 2. The highest BCUT2D eigenvalue weighted by Crippen LogP contribution is 2.14. The third kappa shape index (κ3) is 5.07. The number of rotatable bonds is 6. The molecule has 0 heterocycles. The normalized spacial score (nSPS) is 11.0. The van der Waals surface area contributed by atoms with Gasteiger partial charge in [0.1, 0.15) is 5.75 Å². The molecule has 0 saturated heterocycles. The molecule has 7 heteroatoms. The summed E-state index contributed by atoms with van der Waals surface area (Å²) in [5, 5.41) is 3.67. The van der Waals surface area contributed by atoms with Gasteiger partial charge in [-0.2, -0.15) is 0 Å². The molecule has 2 aromatic carbocycles. The highest BCUT2D eigenvalue weighted by molar-refractivity contribution is 5.98. The predicted octanol–water partition coefficient (Wildman–Crippen LogP) is 1.64. The molecule has 0 aliphatic rings. The second-order valence-electron chi connectivity index (χ2n) is 5.45. The molecule has 0 aliphatic heterocycles. The van der Waals surface area contributed by atoms with Crippen LogP contribution in [-0.2, 0) is 9.63 Å². The summed E-state index contributed by atoms with van der Waals surface area (Å²) in [7, 11) is 0. The second-order valence-corrected chi connectivity index (χ2v) is 5.45. The van der Waals surface area contributed by atoms with Crippen molar-refractivity contribution in [3.8, 4) is 5.75 Å². The molecule has 7 nitrogen and oxygen atoms in total. The van der Waals surface area contributed by atoms with Crippen LogP contribution in [0.3, 0.4) is 0 Å². The topological polar surface area (TPSA) is 117 Å². The minimum absolute atomic E-state index is 0.0413. The standard InChI is InChI=1S/C18H19N3O4/c1-11-3-8-15(12(2)9-11)18(23)25-21-17(20)13-4-6-14(7-5-13)24-10-16(19)22/h3-9H,10H2,1-2H3,(H2,19,22)(H2,20,21). The van der Waals surface area contributed by atoms with Crippen LogP contribution in [0.1, 0.15) is 27.0 Å². The molecule has 0 radical (unpaired) electrons. The average molecular weight is 341 g/mol. The summed E-state index contributed by atoms with van der Waals surface area (Å²) in [6.45, 7) is 3.55. The van der Waals surface area contributed by atoms with Crippen molar-refractivity contribution in [2.24, 2.45) is 16.6 Å². The maximum absolute atomic E-state index is 12.1. The quantitative estimate of drug-likeness (QED) is 0.358. The first kappa shape index (κ1) is 18.0. The Morgan fingerprint density at radius 3 is 2.32 bits per heavy atom. The number of carbonyl (C=O) groups excluding carboxylic acids is 2. The molecular formula is C18H19N3O4. The third-order valence-electron chi connectivity index (χ3n) is 3.36. The zero-order chi connectivity index (χ0) is 18.4. The molecule has 130 valence electrons. The van der Waals surface area contributed by atoms with Crippen LogP contribution < -0.4 is 16.2 Å². The van der Waals surface area contributed by atoms with E-state index in [0.29, 0.717) is 16.9 Å². The number of ether oxygens (including phenoxy) is 1.